The average molecular weight is 485 g/mol. The Balaban J connectivity index is 0.00000180. The second-order valence-corrected chi connectivity index (χ2v) is 7.92. The fourth-order valence-corrected chi connectivity index (χ4v) is 5.48. The number of fused-ring (bicyclic) bond motifs is 3. The Morgan fingerprint density at radius 1 is 1.22 bits per heavy atom. The van der Waals surface area contributed by atoms with Crippen LogP contribution in [0.3, 0.4) is 0 Å². The van der Waals surface area contributed by atoms with Gasteiger partial charge in [-0.15, -0.1) is 24.0 Å². The van der Waals surface area contributed by atoms with Crippen molar-refractivity contribution >= 4 is 29.9 Å². The van der Waals surface area contributed by atoms with E-state index in [1.165, 1.54) is 32.1 Å². The van der Waals surface area contributed by atoms with Gasteiger partial charge in [0.05, 0.1) is 6.10 Å². The highest BCUT2D eigenvalue weighted by molar-refractivity contribution is 14.0. The van der Waals surface area contributed by atoms with E-state index in [1.807, 2.05) is 19.2 Å². The number of rotatable bonds is 3. The molecule has 27 heavy (non-hydrogen) atoms. The molecule has 3 fully saturated rings. The number of aliphatic imine (C=N–C) groups is 1. The van der Waals surface area contributed by atoms with Crippen LogP contribution >= 0.6 is 24.0 Å². The molecule has 1 saturated heterocycles. The molecule has 7 heteroatoms. The summed E-state index contributed by atoms with van der Waals surface area (Å²) in [7, 11) is 1.84. The van der Waals surface area contributed by atoms with Crippen LogP contribution in [0.1, 0.15) is 37.7 Å². The Kier molecular flexibility index (Phi) is 5.42. The lowest BCUT2D eigenvalue weighted by molar-refractivity contribution is -0.125. The maximum absolute atomic E-state index is 6.08. The van der Waals surface area contributed by atoms with E-state index in [1.54, 1.807) is 0 Å². The van der Waals surface area contributed by atoms with Crippen molar-refractivity contribution in [3.8, 4) is 11.5 Å². The Labute approximate surface area is 177 Å². The maximum atomic E-state index is 6.08. The fraction of sp³-hybridized carbons (Fsp3) is 0.650. The maximum Gasteiger partial charge on any atom is 0.231 e. The minimum Gasteiger partial charge on any atom is -0.454 e. The zero-order chi connectivity index (χ0) is 17.6. The average Bonchev–Trinajstić information content (AvgIpc) is 3.40. The van der Waals surface area contributed by atoms with Gasteiger partial charge < -0.3 is 24.8 Å². The number of halogens is 1. The number of hydrogen-bond donors (Lipinski definition) is 2. The molecule has 0 amide bonds. The van der Waals surface area contributed by atoms with Crippen molar-refractivity contribution in [2.45, 2.75) is 50.8 Å². The summed E-state index contributed by atoms with van der Waals surface area (Å²) in [5.74, 6) is 3.16. The number of nitrogens with zero attached hydrogens (tertiary/aromatic N) is 1. The third-order valence-electron chi connectivity index (χ3n) is 6.70. The topological polar surface area (TPSA) is 64.1 Å². The SMILES string of the molecule is CN=C(NCc1ccc2c(c1)OCO2)NC1C2CCOC2C12CCCC2.I. The first kappa shape index (κ1) is 19.1. The Morgan fingerprint density at radius 2 is 2.04 bits per heavy atom. The van der Waals surface area contributed by atoms with E-state index >= 15 is 0 Å². The lowest BCUT2D eigenvalue weighted by Gasteiger charge is -2.57. The summed E-state index contributed by atoms with van der Waals surface area (Å²) in [6.45, 7) is 1.93. The van der Waals surface area contributed by atoms with E-state index in [-0.39, 0.29) is 24.0 Å². The predicted octanol–water partition coefficient (Wildman–Crippen LogP) is 3.05. The summed E-state index contributed by atoms with van der Waals surface area (Å²) >= 11 is 0. The lowest BCUT2D eigenvalue weighted by Crippen LogP contribution is -2.69. The van der Waals surface area contributed by atoms with Gasteiger partial charge in [-0.1, -0.05) is 18.9 Å². The van der Waals surface area contributed by atoms with Gasteiger partial charge in [0.1, 0.15) is 0 Å². The van der Waals surface area contributed by atoms with Crippen LogP contribution in [0, 0.1) is 11.3 Å². The van der Waals surface area contributed by atoms with Crippen LogP contribution in [0.4, 0.5) is 0 Å². The van der Waals surface area contributed by atoms with E-state index in [0.29, 0.717) is 36.8 Å². The molecule has 1 aromatic carbocycles. The van der Waals surface area contributed by atoms with Gasteiger partial charge in [0.25, 0.3) is 0 Å². The molecule has 0 aromatic heterocycles. The molecule has 5 rings (SSSR count). The molecule has 3 unspecified atom stereocenters. The molecule has 148 valence electrons. The summed E-state index contributed by atoms with van der Waals surface area (Å²) in [5, 5.41) is 7.20. The van der Waals surface area contributed by atoms with Gasteiger partial charge in [-0.3, -0.25) is 4.99 Å². The molecule has 2 heterocycles. The van der Waals surface area contributed by atoms with Gasteiger partial charge in [0.2, 0.25) is 6.79 Å². The molecule has 1 spiro atoms. The standard InChI is InChI=1S/C20H27N3O3.HI/c1-21-19(22-11-13-4-5-15-16(10-13)26-12-25-15)23-17-14-6-9-24-18(14)20(17)7-2-3-8-20;/h4-5,10,14,17-18H,2-3,6-9,11-12H2,1H3,(H2,21,22,23);1H. The molecular weight excluding hydrogens is 457 g/mol. The van der Waals surface area contributed by atoms with Crippen LogP contribution in [0.2, 0.25) is 0 Å². The number of benzene rings is 1. The Hall–Kier alpha value is -1.22. The van der Waals surface area contributed by atoms with E-state index in [0.717, 1.165) is 29.6 Å². The largest absolute Gasteiger partial charge is 0.454 e. The monoisotopic (exact) mass is 485 g/mol. The molecule has 2 aliphatic heterocycles. The minimum absolute atomic E-state index is 0. The second kappa shape index (κ2) is 7.66. The van der Waals surface area contributed by atoms with Crippen LogP contribution in [0.25, 0.3) is 0 Å². The second-order valence-electron chi connectivity index (χ2n) is 7.92. The first-order valence-corrected chi connectivity index (χ1v) is 9.77. The molecule has 2 N–H and O–H groups in total. The molecule has 0 bridgehead atoms. The Bertz CT molecular complexity index is 720. The molecule has 0 radical (unpaired) electrons. The Morgan fingerprint density at radius 3 is 2.85 bits per heavy atom. The van der Waals surface area contributed by atoms with Crippen molar-refractivity contribution in [2.75, 3.05) is 20.4 Å². The third-order valence-corrected chi connectivity index (χ3v) is 6.70. The van der Waals surface area contributed by atoms with Crippen molar-refractivity contribution in [1.82, 2.24) is 10.6 Å². The number of nitrogens with one attached hydrogen (secondary N) is 2. The van der Waals surface area contributed by atoms with E-state index < -0.39 is 0 Å². The van der Waals surface area contributed by atoms with Gasteiger partial charge in [-0.25, -0.2) is 0 Å². The summed E-state index contributed by atoms with van der Waals surface area (Å²) in [6.07, 6.45) is 6.86. The van der Waals surface area contributed by atoms with Crippen LogP contribution in [-0.4, -0.2) is 38.6 Å². The molecular formula is C20H28IN3O3. The number of guanidine groups is 1. The molecule has 3 atom stereocenters. The highest BCUT2D eigenvalue weighted by Crippen LogP contribution is 2.60. The van der Waals surface area contributed by atoms with Crippen molar-refractivity contribution in [3.05, 3.63) is 23.8 Å². The summed E-state index contributed by atoms with van der Waals surface area (Å²) < 4.78 is 16.9. The first-order valence-electron chi connectivity index (χ1n) is 9.77. The first-order chi connectivity index (χ1) is 12.8. The van der Waals surface area contributed by atoms with Gasteiger partial charge >= 0.3 is 0 Å². The van der Waals surface area contributed by atoms with E-state index in [9.17, 15) is 0 Å². The summed E-state index contributed by atoms with van der Waals surface area (Å²) in [5.41, 5.74) is 1.49. The molecule has 6 nitrogen and oxygen atoms in total. The zero-order valence-electron chi connectivity index (χ0n) is 15.7. The highest BCUT2D eigenvalue weighted by atomic mass is 127. The van der Waals surface area contributed by atoms with Crippen molar-refractivity contribution < 1.29 is 14.2 Å². The fourth-order valence-electron chi connectivity index (χ4n) is 5.48. The zero-order valence-corrected chi connectivity index (χ0v) is 18.0. The minimum atomic E-state index is 0. The van der Waals surface area contributed by atoms with Crippen LogP contribution in [0.15, 0.2) is 23.2 Å². The van der Waals surface area contributed by atoms with Crippen molar-refractivity contribution in [3.63, 3.8) is 0 Å². The lowest BCUT2D eigenvalue weighted by atomic mass is 9.54. The smallest absolute Gasteiger partial charge is 0.231 e. The molecule has 4 aliphatic rings. The summed E-state index contributed by atoms with van der Waals surface area (Å²) in [4.78, 5) is 4.46. The van der Waals surface area contributed by atoms with Crippen LogP contribution < -0.4 is 20.1 Å². The van der Waals surface area contributed by atoms with E-state index in [4.69, 9.17) is 14.2 Å². The molecule has 2 aliphatic carbocycles. The number of hydrogen-bond acceptors (Lipinski definition) is 4. The summed E-state index contributed by atoms with van der Waals surface area (Å²) in [6, 6.07) is 6.55. The van der Waals surface area contributed by atoms with Gasteiger partial charge in [-0.05, 0) is 37.0 Å². The molecule has 2 saturated carbocycles. The van der Waals surface area contributed by atoms with Gasteiger partial charge in [0, 0.05) is 37.6 Å². The van der Waals surface area contributed by atoms with E-state index in [2.05, 4.69) is 21.7 Å². The van der Waals surface area contributed by atoms with Gasteiger partial charge in [0.15, 0.2) is 17.5 Å². The number of ether oxygens (including phenoxy) is 3. The highest BCUT2D eigenvalue weighted by Gasteiger charge is 2.65. The van der Waals surface area contributed by atoms with Crippen molar-refractivity contribution in [1.29, 1.82) is 0 Å². The van der Waals surface area contributed by atoms with Gasteiger partial charge in [-0.2, -0.15) is 0 Å². The van der Waals surface area contributed by atoms with Crippen LogP contribution in [-0.2, 0) is 11.3 Å². The van der Waals surface area contributed by atoms with Crippen molar-refractivity contribution in [2.24, 2.45) is 16.3 Å². The normalized spacial score (nSPS) is 29.8. The third kappa shape index (κ3) is 3.16. The quantitative estimate of drug-likeness (QED) is 0.392. The molecule has 1 aromatic rings. The van der Waals surface area contributed by atoms with Crippen LogP contribution in [0.5, 0.6) is 11.5 Å². The predicted molar refractivity (Wildman–Crippen MR) is 114 cm³/mol.